The molecule has 0 aliphatic carbocycles. The number of hydrogen-bond acceptors (Lipinski definition) is 4. The number of amides is 2. The first-order valence-corrected chi connectivity index (χ1v) is 4.05. The summed E-state index contributed by atoms with van der Waals surface area (Å²) >= 11 is 3.66. The molecule has 0 saturated carbocycles. The second-order valence-electron chi connectivity index (χ2n) is 2.11. The van der Waals surface area contributed by atoms with Crippen LogP contribution in [0.4, 0.5) is 0 Å². The third-order valence-corrected chi connectivity index (χ3v) is 1.31. The van der Waals surface area contributed by atoms with Gasteiger partial charge in [-0.05, 0) is 0 Å². The van der Waals surface area contributed by atoms with Gasteiger partial charge in [0.05, 0.1) is 12.3 Å². The predicted octanol–water partition coefficient (Wildman–Crippen LogP) is -1.77. The van der Waals surface area contributed by atoms with Crippen LogP contribution >= 0.6 is 12.6 Å². The van der Waals surface area contributed by atoms with E-state index in [0.29, 0.717) is 0 Å². The number of aliphatic carboxylic acids is 1. The van der Waals surface area contributed by atoms with Gasteiger partial charge in [-0.3, -0.25) is 14.4 Å². The van der Waals surface area contributed by atoms with E-state index in [-0.39, 0.29) is 18.2 Å². The van der Waals surface area contributed by atoms with E-state index in [2.05, 4.69) is 23.3 Å². The molecule has 0 aliphatic heterocycles. The Balaban J connectivity index is 3.52. The van der Waals surface area contributed by atoms with E-state index < -0.39 is 18.4 Å². The molecule has 0 unspecified atom stereocenters. The van der Waals surface area contributed by atoms with Crippen molar-refractivity contribution in [2.75, 3.05) is 18.8 Å². The Morgan fingerprint density at radius 1 is 1.08 bits per heavy atom. The van der Waals surface area contributed by atoms with Crippen molar-refractivity contribution in [2.45, 2.75) is 0 Å². The third-order valence-electron chi connectivity index (χ3n) is 1.03. The number of nitrogens with one attached hydrogen (secondary N) is 2. The van der Waals surface area contributed by atoms with Crippen LogP contribution < -0.4 is 10.6 Å². The molecule has 7 heteroatoms. The molecule has 0 fully saturated rings. The van der Waals surface area contributed by atoms with Gasteiger partial charge in [0.15, 0.2) is 0 Å². The second-order valence-corrected chi connectivity index (χ2v) is 2.42. The Morgan fingerprint density at radius 2 is 1.62 bits per heavy atom. The van der Waals surface area contributed by atoms with E-state index in [1.807, 2.05) is 0 Å². The molecule has 0 aliphatic rings. The van der Waals surface area contributed by atoms with Crippen LogP contribution in [0, 0.1) is 0 Å². The molecule has 0 aromatic carbocycles. The molecule has 13 heavy (non-hydrogen) atoms. The monoisotopic (exact) mass is 206 g/mol. The van der Waals surface area contributed by atoms with Gasteiger partial charge in [-0.2, -0.15) is 12.6 Å². The highest BCUT2D eigenvalue weighted by molar-refractivity contribution is 7.81. The summed E-state index contributed by atoms with van der Waals surface area (Å²) in [5.41, 5.74) is 0. The molecule has 0 atom stereocenters. The van der Waals surface area contributed by atoms with Gasteiger partial charge in [0.25, 0.3) is 0 Å². The number of carbonyl (C=O) groups excluding carboxylic acids is 2. The van der Waals surface area contributed by atoms with Crippen LogP contribution in [0.25, 0.3) is 0 Å². The maximum atomic E-state index is 10.8. The van der Waals surface area contributed by atoms with Gasteiger partial charge in [-0.15, -0.1) is 0 Å². The van der Waals surface area contributed by atoms with E-state index in [0.717, 1.165) is 0 Å². The van der Waals surface area contributed by atoms with Crippen molar-refractivity contribution in [2.24, 2.45) is 0 Å². The summed E-state index contributed by atoms with van der Waals surface area (Å²) in [5.74, 6) is -2.06. The highest BCUT2D eigenvalue weighted by atomic mass is 32.1. The van der Waals surface area contributed by atoms with Crippen molar-refractivity contribution in [3.63, 3.8) is 0 Å². The van der Waals surface area contributed by atoms with Crippen molar-refractivity contribution in [3.05, 3.63) is 0 Å². The van der Waals surface area contributed by atoms with Crippen LogP contribution in [-0.4, -0.2) is 41.7 Å². The summed E-state index contributed by atoms with van der Waals surface area (Å²) in [4.78, 5) is 31.3. The standard InChI is InChI=1S/C6H10N2O4S/c9-4(8-2-6(11)12)1-7-5(10)3-13/h13H,1-3H2,(H,7,10)(H,8,9)(H,11,12). The summed E-state index contributed by atoms with van der Waals surface area (Å²) in [6.07, 6.45) is 0. The third kappa shape index (κ3) is 7.13. The zero-order chi connectivity index (χ0) is 10.3. The number of thiol groups is 1. The predicted molar refractivity (Wildman–Crippen MR) is 47.5 cm³/mol. The SMILES string of the molecule is O=C(O)CNC(=O)CNC(=O)CS. The smallest absolute Gasteiger partial charge is 0.322 e. The topological polar surface area (TPSA) is 95.5 Å². The number of rotatable bonds is 5. The van der Waals surface area contributed by atoms with Crippen molar-refractivity contribution < 1.29 is 19.5 Å². The van der Waals surface area contributed by atoms with Crippen LogP contribution in [0.2, 0.25) is 0 Å². The van der Waals surface area contributed by atoms with Crippen molar-refractivity contribution in [1.29, 1.82) is 0 Å². The molecule has 0 bridgehead atoms. The van der Waals surface area contributed by atoms with E-state index in [1.54, 1.807) is 0 Å². The lowest BCUT2D eigenvalue weighted by Gasteiger charge is -2.02. The highest BCUT2D eigenvalue weighted by Crippen LogP contribution is 1.72. The zero-order valence-electron chi connectivity index (χ0n) is 6.74. The van der Waals surface area contributed by atoms with Gasteiger partial charge in [0, 0.05) is 0 Å². The van der Waals surface area contributed by atoms with E-state index in [9.17, 15) is 14.4 Å². The van der Waals surface area contributed by atoms with Gasteiger partial charge >= 0.3 is 5.97 Å². The lowest BCUT2D eigenvalue weighted by molar-refractivity contribution is -0.137. The number of carboxylic acids is 1. The summed E-state index contributed by atoms with van der Waals surface area (Å²) in [7, 11) is 0. The van der Waals surface area contributed by atoms with Gasteiger partial charge in [0.2, 0.25) is 11.8 Å². The molecular formula is C6H10N2O4S. The first kappa shape index (κ1) is 11.8. The Bertz CT molecular complexity index is 219. The molecule has 0 rings (SSSR count). The average molecular weight is 206 g/mol. The van der Waals surface area contributed by atoms with Crippen LogP contribution in [-0.2, 0) is 14.4 Å². The molecule has 0 aromatic heterocycles. The Morgan fingerprint density at radius 3 is 2.08 bits per heavy atom. The van der Waals surface area contributed by atoms with Gasteiger partial charge in [0.1, 0.15) is 6.54 Å². The fourth-order valence-electron chi connectivity index (χ4n) is 0.471. The lowest BCUT2D eigenvalue weighted by atomic mass is 10.5. The molecule has 6 nitrogen and oxygen atoms in total. The molecule has 2 amide bonds. The molecule has 3 N–H and O–H groups in total. The molecule has 0 spiro atoms. The summed E-state index contributed by atoms with van der Waals surface area (Å²) in [6.45, 7) is -0.678. The van der Waals surface area contributed by atoms with Crippen molar-refractivity contribution in [3.8, 4) is 0 Å². The number of carbonyl (C=O) groups is 3. The van der Waals surface area contributed by atoms with Crippen molar-refractivity contribution >= 4 is 30.4 Å². The Labute approximate surface area is 80.1 Å². The zero-order valence-corrected chi connectivity index (χ0v) is 7.63. The Hall–Kier alpha value is -1.24. The van der Waals surface area contributed by atoms with Gasteiger partial charge in [-0.1, -0.05) is 0 Å². The number of hydrogen-bond donors (Lipinski definition) is 4. The van der Waals surface area contributed by atoms with E-state index in [4.69, 9.17) is 5.11 Å². The molecule has 0 radical (unpaired) electrons. The van der Waals surface area contributed by atoms with E-state index in [1.165, 1.54) is 0 Å². The summed E-state index contributed by atoms with van der Waals surface area (Å²) in [6, 6.07) is 0. The first-order valence-electron chi connectivity index (χ1n) is 3.42. The van der Waals surface area contributed by atoms with Crippen LogP contribution in [0.3, 0.4) is 0 Å². The highest BCUT2D eigenvalue weighted by Gasteiger charge is 2.04. The van der Waals surface area contributed by atoms with Gasteiger partial charge in [-0.25, -0.2) is 0 Å². The minimum absolute atomic E-state index is 0.00773. The normalized spacial score (nSPS) is 9.00. The Kier molecular flexibility index (Phi) is 5.69. The lowest BCUT2D eigenvalue weighted by Crippen LogP contribution is -2.39. The maximum Gasteiger partial charge on any atom is 0.322 e. The second kappa shape index (κ2) is 6.30. The van der Waals surface area contributed by atoms with Gasteiger partial charge < -0.3 is 15.7 Å². The maximum absolute atomic E-state index is 10.8. The fraction of sp³-hybridized carbons (Fsp3) is 0.500. The molecule has 74 valence electrons. The summed E-state index contributed by atoms with van der Waals surface area (Å²) in [5, 5.41) is 12.5. The molecular weight excluding hydrogens is 196 g/mol. The quantitative estimate of drug-likeness (QED) is 0.400. The van der Waals surface area contributed by atoms with E-state index >= 15 is 0 Å². The van der Waals surface area contributed by atoms with Crippen LogP contribution in [0.1, 0.15) is 0 Å². The average Bonchev–Trinajstić information content (AvgIpc) is 2.10. The number of carboxylic acid groups (broad SMARTS) is 1. The summed E-state index contributed by atoms with van der Waals surface area (Å²) < 4.78 is 0. The van der Waals surface area contributed by atoms with Crippen LogP contribution in [0.5, 0.6) is 0 Å². The fourth-order valence-corrected chi connectivity index (χ4v) is 0.583. The van der Waals surface area contributed by atoms with Crippen LogP contribution in [0.15, 0.2) is 0 Å². The largest absolute Gasteiger partial charge is 0.480 e. The molecule has 0 saturated heterocycles. The minimum Gasteiger partial charge on any atom is -0.480 e. The minimum atomic E-state index is -1.13. The molecule has 0 heterocycles. The van der Waals surface area contributed by atoms with Crippen molar-refractivity contribution in [1.82, 2.24) is 10.6 Å². The molecule has 0 aromatic rings. The first-order chi connectivity index (χ1) is 6.06.